The molecular formula is C14H17FN2O. The number of benzene rings is 1. The summed E-state index contributed by atoms with van der Waals surface area (Å²) >= 11 is 0. The fraction of sp³-hybridized carbons (Fsp3) is 0.357. The molecule has 1 unspecified atom stereocenters. The molecule has 1 atom stereocenters. The Labute approximate surface area is 106 Å². The van der Waals surface area contributed by atoms with E-state index in [2.05, 4.69) is 5.10 Å². The summed E-state index contributed by atoms with van der Waals surface area (Å²) < 4.78 is 15.1. The third-order valence-electron chi connectivity index (χ3n) is 2.89. The molecule has 4 heteroatoms. The summed E-state index contributed by atoms with van der Waals surface area (Å²) in [4.78, 5) is 0. The van der Waals surface area contributed by atoms with Crippen LogP contribution in [-0.2, 0) is 13.0 Å². The smallest absolute Gasteiger partial charge is 0.123 e. The Balaban J connectivity index is 2.13. The van der Waals surface area contributed by atoms with Gasteiger partial charge >= 0.3 is 0 Å². The van der Waals surface area contributed by atoms with E-state index in [-0.39, 0.29) is 5.82 Å². The number of aliphatic hydroxyl groups excluding tert-OH is 1. The first-order valence-electron chi connectivity index (χ1n) is 6.05. The minimum Gasteiger partial charge on any atom is -0.388 e. The van der Waals surface area contributed by atoms with Crippen LogP contribution in [0.5, 0.6) is 0 Å². The Morgan fingerprint density at radius 3 is 2.78 bits per heavy atom. The molecule has 0 saturated carbocycles. The van der Waals surface area contributed by atoms with Gasteiger partial charge in [-0.15, -0.1) is 0 Å². The second-order valence-electron chi connectivity index (χ2n) is 4.49. The van der Waals surface area contributed by atoms with E-state index in [1.54, 1.807) is 16.9 Å². The maximum absolute atomic E-state index is 13.3. The molecule has 0 aliphatic rings. The summed E-state index contributed by atoms with van der Waals surface area (Å²) in [5, 5.41) is 14.2. The number of aromatic nitrogens is 2. The highest BCUT2D eigenvalue weighted by Gasteiger charge is 2.11. The van der Waals surface area contributed by atoms with E-state index in [9.17, 15) is 9.50 Å². The number of halogens is 1. The maximum Gasteiger partial charge on any atom is 0.123 e. The third kappa shape index (κ3) is 2.96. The van der Waals surface area contributed by atoms with Gasteiger partial charge in [0, 0.05) is 19.2 Å². The van der Waals surface area contributed by atoms with Gasteiger partial charge in [0.2, 0.25) is 0 Å². The SMILES string of the molecule is CCn1cc(CC(O)c2cc(C)cc(F)c2)cn1. The van der Waals surface area contributed by atoms with Crippen molar-refractivity contribution in [2.24, 2.45) is 0 Å². The van der Waals surface area contributed by atoms with Crippen molar-refractivity contribution in [3.8, 4) is 0 Å². The van der Waals surface area contributed by atoms with E-state index in [0.29, 0.717) is 12.0 Å². The Bertz CT molecular complexity index is 516. The average molecular weight is 248 g/mol. The van der Waals surface area contributed by atoms with Gasteiger partial charge in [0.1, 0.15) is 5.82 Å². The van der Waals surface area contributed by atoms with Crippen LogP contribution in [0.15, 0.2) is 30.6 Å². The Hall–Kier alpha value is -1.68. The zero-order chi connectivity index (χ0) is 13.1. The minimum atomic E-state index is -0.700. The molecule has 0 bridgehead atoms. The van der Waals surface area contributed by atoms with Gasteiger partial charge in [0.05, 0.1) is 12.3 Å². The van der Waals surface area contributed by atoms with Gasteiger partial charge in [-0.25, -0.2) is 4.39 Å². The van der Waals surface area contributed by atoms with E-state index in [0.717, 1.165) is 17.7 Å². The minimum absolute atomic E-state index is 0.312. The van der Waals surface area contributed by atoms with E-state index in [1.165, 1.54) is 12.1 Å². The Kier molecular flexibility index (Phi) is 3.77. The van der Waals surface area contributed by atoms with Crippen molar-refractivity contribution in [2.45, 2.75) is 32.9 Å². The number of aryl methyl sites for hydroxylation is 2. The molecule has 0 amide bonds. The fourth-order valence-electron chi connectivity index (χ4n) is 1.98. The van der Waals surface area contributed by atoms with Crippen LogP contribution in [0.25, 0.3) is 0 Å². The lowest BCUT2D eigenvalue weighted by molar-refractivity contribution is 0.178. The van der Waals surface area contributed by atoms with Crippen LogP contribution < -0.4 is 0 Å². The van der Waals surface area contributed by atoms with Crippen molar-refractivity contribution in [1.29, 1.82) is 0 Å². The highest BCUT2D eigenvalue weighted by atomic mass is 19.1. The van der Waals surface area contributed by atoms with E-state index >= 15 is 0 Å². The second-order valence-corrected chi connectivity index (χ2v) is 4.49. The molecule has 3 nitrogen and oxygen atoms in total. The van der Waals surface area contributed by atoms with E-state index in [4.69, 9.17) is 0 Å². The molecule has 0 radical (unpaired) electrons. The lowest BCUT2D eigenvalue weighted by Gasteiger charge is -2.10. The molecule has 0 fully saturated rings. The molecule has 0 aliphatic heterocycles. The molecule has 1 aromatic carbocycles. The zero-order valence-corrected chi connectivity index (χ0v) is 10.6. The van der Waals surface area contributed by atoms with Gasteiger partial charge in [-0.05, 0) is 42.7 Å². The first-order chi connectivity index (χ1) is 8.58. The molecule has 0 spiro atoms. The predicted octanol–water partition coefficient (Wildman–Crippen LogP) is 2.63. The molecule has 1 heterocycles. The van der Waals surface area contributed by atoms with Crippen molar-refractivity contribution in [3.63, 3.8) is 0 Å². The van der Waals surface area contributed by atoms with Crippen LogP contribution in [0.1, 0.15) is 29.7 Å². The molecular weight excluding hydrogens is 231 g/mol. The summed E-state index contributed by atoms with van der Waals surface area (Å²) in [6, 6.07) is 4.63. The summed E-state index contributed by atoms with van der Waals surface area (Å²) in [7, 11) is 0. The zero-order valence-electron chi connectivity index (χ0n) is 10.6. The lowest BCUT2D eigenvalue weighted by Crippen LogP contribution is -2.02. The van der Waals surface area contributed by atoms with E-state index in [1.807, 2.05) is 20.0 Å². The molecule has 18 heavy (non-hydrogen) atoms. The summed E-state index contributed by atoms with van der Waals surface area (Å²) in [6.07, 6.45) is 3.38. The van der Waals surface area contributed by atoms with Gasteiger partial charge in [-0.1, -0.05) is 6.07 Å². The van der Waals surface area contributed by atoms with Gasteiger partial charge in [-0.2, -0.15) is 5.10 Å². The summed E-state index contributed by atoms with van der Waals surface area (Å²) in [6.45, 7) is 4.62. The van der Waals surface area contributed by atoms with Crippen LogP contribution in [0, 0.1) is 12.7 Å². The number of rotatable bonds is 4. The van der Waals surface area contributed by atoms with Crippen LogP contribution >= 0.6 is 0 Å². The summed E-state index contributed by atoms with van der Waals surface area (Å²) in [5.74, 6) is -0.312. The molecule has 2 aromatic rings. The number of aliphatic hydroxyl groups is 1. The van der Waals surface area contributed by atoms with Crippen molar-refractivity contribution in [1.82, 2.24) is 9.78 Å². The Morgan fingerprint density at radius 1 is 1.39 bits per heavy atom. The highest BCUT2D eigenvalue weighted by Crippen LogP contribution is 2.20. The third-order valence-corrected chi connectivity index (χ3v) is 2.89. The van der Waals surface area contributed by atoms with Crippen LogP contribution in [0.3, 0.4) is 0 Å². The molecule has 1 aromatic heterocycles. The lowest BCUT2D eigenvalue weighted by atomic mass is 10.0. The maximum atomic E-state index is 13.3. The average Bonchev–Trinajstić information content (AvgIpc) is 2.75. The fourth-order valence-corrected chi connectivity index (χ4v) is 1.98. The largest absolute Gasteiger partial charge is 0.388 e. The van der Waals surface area contributed by atoms with Crippen LogP contribution in [-0.4, -0.2) is 14.9 Å². The Morgan fingerprint density at radius 2 is 2.17 bits per heavy atom. The first kappa shape index (κ1) is 12.8. The predicted molar refractivity (Wildman–Crippen MR) is 67.7 cm³/mol. The molecule has 2 rings (SSSR count). The first-order valence-corrected chi connectivity index (χ1v) is 6.05. The van der Waals surface area contributed by atoms with Gasteiger partial charge in [0.25, 0.3) is 0 Å². The monoisotopic (exact) mass is 248 g/mol. The molecule has 1 N–H and O–H groups in total. The molecule has 96 valence electrons. The number of hydrogen-bond acceptors (Lipinski definition) is 2. The second kappa shape index (κ2) is 5.31. The quantitative estimate of drug-likeness (QED) is 0.903. The summed E-state index contributed by atoms with van der Waals surface area (Å²) in [5.41, 5.74) is 2.37. The number of nitrogens with zero attached hydrogens (tertiary/aromatic N) is 2. The van der Waals surface area contributed by atoms with Crippen molar-refractivity contribution in [2.75, 3.05) is 0 Å². The van der Waals surface area contributed by atoms with Crippen molar-refractivity contribution >= 4 is 0 Å². The molecule has 0 aliphatic carbocycles. The number of hydrogen-bond donors (Lipinski definition) is 1. The van der Waals surface area contributed by atoms with Crippen molar-refractivity contribution in [3.05, 3.63) is 53.1 Å². The van der Waals surface area contributed by atoms with Gasteiger partial charge in [-0.3, -0.25) is 4.68 Å². The molecule has 0 saturated heterocycles. The topological polar surface area (TPSA) is 38.0 Å². The highest BCUT2D eigenvalue weighted by molar-refractivity contribution is 5.26. The van der Waals surface area contributed by atoms with Crippen molar-refractivity contribution < 1.29 is 9.50 Å². The standard InChI is InChI=1S/C14H17FN2O/c1-3-17-9-11(8-16-17)6-14(18)12-4-10(2)5-13(15)7-12/h4-5,7-9,14,18H,3,6H2,1-2H3. The van der Waals surface area contributed by atoms with E-state index < -0.39 is 6.10 Å². The van der Waals surface area contributed by atoms with Gasteiger partial charge < -0.3 is 5.11 Å². The normalized spacial score (nSPS) is 12.7. The van der Waals surface area contributed by atoms with Crippen LogP contribution in [0.2, 0.25) is 0 Å². The van der Waals surface area contributed by atoms with Gasteiger partial charge in [0.15, 0.2) is 0 Å². The van der Waals surface area contributed by atoms with Crippen LogP contribution in [0.4, 0.5) is 4.39 Å².